The molecular weight excluding hydrogens is 252 g/mol. The Balaban J connectivity index is 2.65. The van der Waals surface area contributed by atoms with Gasteiger partial charge in [0.15, 0.2) is 5.75 Å². The van der Waals surface area contributed by atoms with E-state index in [2.05, 4.69) is 0 Å². The molecule has 8 heteroatoms. The van der Waals surface area contributed by atoms with Gasteiger partial charge >= 0.3 is 5.69 Å². The summed E-state index contributed by atoms with van der Waals surface area (Å²) in [5.74, 6) is 4.63. The van der Waals surface area contributed by atoms with Crippen LogP contribution in [0.25, 0.3) is 0 Å². The monoisotopic (exact) mass is 264 g/mol. The number of hydrazine groups is 1. The van der Waals surface area contributed by atoms with Crippen molar-refractivity contribution in [3.8, 4) is 11.8 Å². The van der Waals surface area contributed by atoms with Gasteiger partial charge in [-0.1, -0.05) is 0 Å². The lowest BCUT2D eigenvalue weighted by molar-refractivity contribution is -0.385. The Morgan fingerprint density at radius 3 is 2.89 bits per heavy atom. The first-order valence-corrected chi connectivity index (χ1v) is 5.39. The molecule has 100 valence electrons. The van der Waals surface area contributed by atoms with E-state index in [1.807, 2.05) is 11.5 Å². The van der Waals surface area contributed by atoms with Crippen molar-refractivity contribution < 1.29 is 14.5 Å². The van der Waals surface area contributed by atoms with Crippen molar-refractivity contribution in [1.82, 2.24) is 5.43 Å². The zero-order valence-electron chi connectivity index (χ0n) is 9.96. The van der Waals surface area contributed by atoms with Crippen molar-refractivity contribution in [2.24, 2.45) is 5.84 Å². The van der Waals surface area contributed by atoms with Crippen LogP contribution in [0.4, 0.5) is 5.69 Å². The number of nitrogens with one attached hydrogen (secondary N) is 1. The summed E-state index contributed by atoms with van der Waals surface area (Å²) in [7, 11) is 0. The maximum absolute atomic E-state index is 10.8. The van der Waals surface area contributed by atoms with E-state index in [1.54, 1.807) is 0 Å². The fourth-order valence-corrected chi connectivity index (χ4v) is 1.34. The van der Waals surface area contributed by atoms with E-state index in [4.69, 9.17) is 15.8 Å². The van der Waals surface area contributed by atoms with Crippen molar-refractivity contribution in [3.05, 3.63) is 33.9 Å². The first kappa shape index (κ1) is 14.4. The molecule has 0 bridgehead atoms. The van der Waals surface area contributed by atoms with Gasteiger partial charge in [0.2, 0.25) is 5.91 Å². The summed E-state index contributed by atoms with van der Waals surface area (Å²) in [4.78, 5) is 21.0. The van der Waals surface area contributed by atoms with Crippen LogP contribution in [0.3, 0.4) is 0 Å². The molecule has 1 aromatic carbocycles. The highest BCUT2D eigenvalue weighted by Gasteiger charge is 2.16. The Hall–Kier alpha value is -2.66. The summed E-state index contributed by atoms with van der Waals surface area (Å²) < 4.78 is 5.22. The Bertz CT molecular complexity index is 524. The molecule has 0 aliphatic carbocycles. The van der Waals surface area contributed by atoms with Crippen molar-refractivity contribution in [2.45, 2.75) is 12.8 Å². The Morgan fingerprint density at radius 2 is 2.32 bits per heavy atom. The molecule has 0 aliphatic heterocycles. The van der Waals surface area contributed by atoms with E-state index in [9.17, 15) is 14.9 Å². The minimum Gasteiger partial charge on any atom is -0.487 e. The summed E-state index contributed by atoms with van der Waals surface area (Å²) in [5.41, 5.74) is 1.88. The number of nitro groups is 1. The number of benzene rings is 1. The Kier molecular flexibility index (Phi) is 5.25. The van der Waals surface area contributed by atoms with Gasteiger partial charge in [-0.05, 0) is 18.6 Å². The van der Waals surface area contributed by atoms with Crippen LogP contribution >= 0.6 is 0 Å². The third kappa shape index (κ3) is 4.25. The molecule has 0 saturated carbocycles. The molecule has 0 unspecified atom stereocenters. The summed E-state index contributed by atoms with van der Waals surface area (Å²) in [5, 5.41) is 19.5. The summed E-state index contributed by atoms with van der Waals surface area (Å²) in [6.07, 6.45) is 0.542. The van der Waals surface area contributed by atoms with Crippen molar-refractivity contribution in [2.75, 3.05) is 6.61 Å². The third-order valence-electron chi connectivity index (χ3n) is 2.25. The lowest BCUT2D eigenvalue weighted by atomic mass is 10.2. The molecule has 0 fully saturated rings. The number of nitrogens with two attached hydrogens (primary N) is 1. The van der Waals surface area contributed by atoms with E-state index < -0.39 is 4.92 Å². The predicted octanol–water partition coefficient (Wildman–Crippen LogP) is 0.615. The molecule has 1 rings (SSSR count). The molecule has 0 atom stereocenters. The molecule has 0 saturated heterocycles. The molecule has 3 N–H and O–H groups in total. The van der Waals surface area contributed by atoms with Crippen LogP contribution in [-0.4, -0.2) is 17.4 Å². The largest absolute Gasteiger partial charge is 0.487 e. The second-order valence-electron chi connectivity index (χ2n) is 3.57. The number of hydrogen-bond acceptors (Lipinski definition) is 6. The first-order valence-electron chi connectivity index (χ1n) is 5.39. The van der Waals surface area contributed by atoms with Crippen molar-refractivity contribution in [1.29, 1.82) is 5.26 Å². The van der Waals surface area contributed by atoms with Crippen LogP contribution in [0.1, 0.15) is 18.4 Å². The second-order valence-corrected chi connectivity index (χ2v) is 3.57. The van der Waals surface area contributed by atoms with Gasteiger partial charge < -0.3 is 4.74 Å². The fraction of sp³-hybridized carbons (Fsp3) is 0.273. The molecule has 8 nitrogen and oxygen atoms in total. The molecule has 0 spiro atoms. The highest BCUT2D eigenvalue weighted by Crippen LogP contribution is 2.27. The average Bonchev–Trinajstić information content (AvgIpc) is 2.43. The summed E-state index contributed by atoms with van der Waals surface area (Å²) in [6.45, 7) is 0.139. The van der Waals surface area contributed by atoms with Gasteiger partial charge in [-0.15, -0.1) is 0 Å². The lowest BCUT2D eigenvalue weighted by Crippen LogP contribution is -2.29. The summed E-state index contributed by atoms with van der Waals surface area (Å²) >= 11 is 0. The molecule has 0 heterocycles. The topological polar surface area (TPSA) is 131 Å². The van der Waals surface area contributed by atoms with Crippen LogP contribution < -0.4 is 16.0 Å². The number of amides is 1. The fourth-order valence-electron chi connectivity index (χ4n) is 1.34. The van der Waals surface area contributed by atoms with Crippen LogP contribution in [0.15, 0.2) is 18.2 Å². The molecule has 0 aliphatic rings. The number of ether oxygens (including phenoxy) is 1. The highest BCUT2D eigenvalue weighted by atomic mass is 16.6. The number of nitrogens with zero attached hydrogens (tertiary/aromatic N) is 2. The van der Waals surface area contributed by atoms with E-state index in [1.165, 1.54) is 12.1 Å². The van der Waals surface area contributed by atoms with Crippen LogP contribution in [0.2, 0.25) is 0 Å². The van der Waals surface area contributed by atoms with Crippen LogP contribution in [-0.2, 0) is 4.79 Å². The SMILES string of the molecule is N#Cc1ccc(OCCCC(=O)NN)c([N+](=O)[O-])c1. The van der Waals surface area contributed by atoms with E-state index in [0.717, 1.165) is 6.07 Å². The molecule has 19 heavy (non-hydrogen) atoms. The quantitative estimate of drug-likeness (QED) is 0.254. The minimum atomic E-state index is -0.622. The molecule has 0 aromatic heterocycles. The number of hydrogen-bond donors (Lipinski definition) is 2. The van der Waals surface area contributed by atoms with Crippen molar-refractivity contribution in [3.63, 3.8) is 0 Å². The van der Waals surface area contributed by atoms with Crippen LogP contribution in [0.5, 0.6) is 5.75 Å². The minimum absolute atomic E-state index is 0.0668. The zero-order chi connectivity index (χ0) is 14.3. The first-order chi connectivity index (χ1) is 9.08. The van der Waals surface area contributed by atoms with E-state index in [-0.39, 0.29) is 35.9 Å². The normalized spacial score (nSPS) is 9.47. The van der Waals surface area contributed by atoms with Gasteiger partial charge in [0.25, 0.3) is 0 Å². The van der Waals surface area contributed by atoms with Gasteiger partial charge in [-0.2, -0.15) is 5.26 Å². The smallest absolute Gasteiger partial charge is 0.312 e. The standard InChI is InChI=1S/C11H12N4O4/c12-7-8-3-4-10(9(6-8)15(17)18)19-5-1-2-11(16)14-13/h3-4,6H,1-2,5,13H2,(H,14,16). The molecular formula is C11H12N4O4. The molecule has 0 radical (unpaired) electrons. The van der Waals surface area contributed by atoms with Gasteiger partial charge in [0.1, 0.15) is 0 Å². The predicted molar refractivity (Wildman–Crippen MR) is 64.9 cm³/mol. The van der Waals surface area contributed by atoms with E-state index >= 15 is 0 Å². The number of nitro benzene ring substituents is 1. The number of carbonyl (C=O) groups excluding carboxylic acids is 1. The number of carbonyl (C=O) groups is 1. The van der Waals surface area contributed by atoms with Gasteiger partial charge in [-0.3, -0.25) is 20.3 Å². The Labute approximate surface area is 108 Å². The van der Waals surface area contributed by atoms with E-state index in [0.29, 0.717) is 6.42 Å². The average molecular weight is 264 g/mol. The Morgan fingerprint density at radius 1 is 1.58 bits per heavy atom. The second kappa shape index (κ2) is 6.93. The highest BCUT2D eigenvalue weighted by molar-refractivity contribution is 5.75. The van der Waals surface area contributed by atoms with Gasteiger partial charge in [0.05, 0.1) is 23.2 Å². The van der Waals surface area contributed by atoms with Crippen LogP contribution in [0, 0.1) is 21.4 Å². The molecule has 1 aromatic rings. The zero-order valence-corrected chi connectivity index (χ0v) is 9.96. The lowest BCUT2D eigenvalue weighted by Gasteiger charge is -2.06. The number of nitriles is 1. The maximum Gasteiger partial charge on any atom is 0.312 e. The van der Waals surface area contributed by atoms with Crippen molar-refractivity contribution >= 4 is 11.6 Å². The van der Waals surface area contributed by atoms with Gasteiger partial charge in [0, 0.05) is 12.5 Å². The summed E-state index contributed by atoms with van der Waals surface area (Å²) in [6, 6.07) is 5.74. The van der Waals surface area contributed by atoms with Gasteiger partial charge in [-0.25, -0.2) is 5.84 Å². The molecule has 1 amide bonds. The number of rotatable bonds is 6. The third-order valence-corrected chi connectivity index (χ3v) is 2.25. The maximum atomic E-state index is 10.8.